The number of likely N-dealkylation sites (tertiary alicyclic amines) is 1. The molecule has 5 unspecified atom stereocenters. The van der Waals surface area contributed by atoms with Gasteiger partial charge in [0.2, 0.25) is 0 Å². The van der Waals surface area contributed by atoms with Crippen molar-refractivity contribution >= 4 is 0 Å². The molecule has 2 aliphatic carbocycles. The largest absolute Gasteiger partial charge is 0.396 e. The number of fused-ring (bicyclic) bond motifs is 2. The third-order valence-electron chi connectivity index (χ3n) is 5.56. The summed E-state index contributed by atoms with van der Waals surface area (Å²) in [4.78, 5) is 2.65. The van der Waals surface area contributed by atoms with Crippen molar-refractivity contribution in [2.24, 2.45) is 23.7 Å². The Morgan fingerprint density at radius 1 is 1.25 bits per heavy atom. The first kappa shape index (κ1) is 11.0. The van der Waals surface area contributed by atoms with Gasteiger partial charge in [0, 0.05) is 19.2 Å². The van der Waals surface area contributed by atoms with Crippen LogP contribution in [0, 0.1) is 23.7 Å². The molecule has 16 heavy (non-hydrogen) atoms. The molecular formula is C14H25NO. The maximum absolute atomic E-state index is 9.21. The molecule has 0 aromatic rings. The smallest absolute Gasteiger partial charge is 0.0471 e. The lowest BCUT2D eigenvalue weighted by molar-refractivity contribution is 0.133. The van der Waals surface area contributed by atoms with Gasteiger partial charge >= 0.3 is 0 Å². The molecule has 1 saturated heterocycles. The number of hydrogen-bond acceptors (Lipinski definition) is 2. The summed E-state index contributed by atoms with van der Waals surface area (Å²) in [6.07, 6.45) is 7.23. The molecule has 5 atom stereocenters. The fourth-order valence-corrected chi connectivity index (χ4v) is 4.54. The van der Waals surface area contributed by atoms with Gasteiger partial charge in [-0.3, -0.25) is 0 Å². The van der Waals surface area contributed by atoms with Crippen molar-refractivity contribution in [3.05, 3.63) is 0 Å². The van der Waals surface area contributed by atoms with E-state index in [2.05, 4.69) is 11.8 Å². The lowest BCUT2D eigenvalue weighted by atomic mass is 9.83. The van der Waals surface area contributed by atoms with E-state index in [-0.39, 0.29) is 0 Å². The first-order valence-electron chi connectivity index (χ1n) is 7.13. The molecular weight excluding hydrogens is 198 g/mol. The second kappa shape index (κ2) is 4.30. The molecule has 2 bridgehead atoms. The molecule has 1 aliphatic heterocycles. The number of rotatable bonds is 3. The zero-order chi connectivity index (χ0) is 11.1. The molecule has 0 aromatic carbocycles. The molecule has 92 valence electrons. The summed E-state index contributed by atoms with van der Waals surface area (Å²) in [6.45, 7) is 5.19. The number of hydrogen-bond donors (Lipinski definition) is 1. The zero-order valence-electron chi connectivity index (χ0n) is 10.4. The quantitative estimate of drug-likeness (QED) is 0.792. The highest BCUT2D eigenvalue weighted by atomic mass is 16.3. The SMILES string of the molecule is CC(C1CC2CCC1C2)N1CCC(CO)C1. The van der Waals surface area contributed by atoms with Gasteiger partial charge in [0.05, 0.1) is 0 Å². The van der Waals surface area contributed by atoms with Crippen molar-refractivity contribution in [2.45, 2.75) is 45.1 Å². The lowest BCUT2D eigenvalue weighted by Crippen LogP contribution is -2.39. The summed E-state index contributed by atoms with van der Waals surface area (Å²) in [7, 11) is 0. The molecule has 2 nitrogen and oxygen atoms in total. The van der Waals surface area contributed by atoms with Gasteiger partial charge in [-0.1, -0.05) is 6.42 Å². The standard InChI is InChI=1S/C14H25NO/c1-10(15-5-4-12(8-15)9-16)14-7-11-2-3-13(14)6-11/h10-14,16H,2-9H2,1H3. The van der Waals surface area contributed by atoms with E-state index in [4.69, 9.17) is 0 Å². The Morgan fingerprint density at radius 3 is 2.69 bits per heavy atom. The summed E-state index contributed by atoms with van der Waals surface area (Å²) < 4.78 is 0. The molecule has 0 amide bonds. The molecule has 1 N–H and O–H groups in total. The Morgan fingerprint density at radius 2 is 2.12 bits per heavy atom. The molecule has 2 heteroatoms. The van der Waals surface area contributed by atoms with Crippen LogP contribution in [0.25, 0.3) is 0 Å². The predicted octanol–water partition coefficient (Wildman–Crippen LogP) is 2.13. The Bertz CT molecular complexity index is 255. The highest BCUT2D eigenvalue weighted by molar-refractivity contribution is 4.95. The summed E-state index contributed by atoms with van der Waals surface area (Å²) >= 11 is 0. The van der Waals surface area contributed by atoms with E-state index < -0.39 is 0 Å². The van der Waals surface area contributed by atoms with Crippen molar-refractivity contribution in [3.63, 3.8) is 0 Å². The minimum atomic E-state index is 0.389. The van der Waals surface area contributed by atoms with Crippen LogP contribution in [0.1, 0.15) is 39.0 Å². The lowest BCUT2D eigenvalue weighted by Gasteiger charge is -2.34. The Kier molecular flexibility index (Phi) is 2.97. The van der Waals surface area contributed by atoms with Gasteiger partial charge in [0.25, 0.3) is 0 Å². The second-order valence-electron chi connectivity index (χ2n) is 6.41. The summed E-state index contributed by atoms with van der Waals surface area (Å²) in [6, 6.07) is 0.770. The van der Waals surface area contributed by atoms with Gasteiger partial charge in [-0.2, -0.15) is 0 Å². The van der Waals surface area contributed by atoms with Crippen molar-refractivity contribution < 1.29 is 5.11 Å². The van der Waals surface area contributed by atoms with E-state index >= 15 is 0 Å². The van der Waals surface area contributed by atoms with E-state index in [0.29, 0.717) is 12.5 Å². The summed E-state index contributed by atoms with van der Waals surface area (Å²) in [5, 5.41) is 9.21. The first-order chi connectivity index (χ1) is 7.78. The molecule has 3 rings (SSSR count). The van der Waals surface area contributed by atoms with Crippen LogP contribution in [0.3, 0.4) is 0 Å². The summed E-state index contributed by atoms with van der Waals surface area (Å²) in [5.74, 6) is 3.62. The van der Waals surface area contributed by atoms with Gasteiger partial charge in [-0.25, -0.2) is 0 Å². The number of aliphatic hydroxyl groups is 1. The molecule has 2 saturated carbocycles. The van der Waals surface area contributed by atoms with Gasteiger partial charge in [-0.05, 0) is 62.8 Å². The third-order valence-corrected chi connectivity index (χ3v) is 5.56. The Labute approximate surface area is 99.0 Å². The Balaban J connectivity index is 1.59. The van der Waals surface area contributed by atoms with Crippen LogP contribution in [0.2, 0.25) is 0 Å². The highest BCUT2D eigenvalue weighted by Gasteiger charge is 2.43. The molecule has 0 aromatic heterocycles. The number of aliphatic hydroxyl groups excluding tert-OH is 1. The van der Waals surface area contributed by atoms with Crippen LogP contribution >= 0.6 is 0 Å². The molecule has 0 spiro atoms. The molecule has 1 heterocycles. The normalized spacial score (nSPS) is 45.4. The molecule has 3 aliphatic rings. The maximum Gasteiger partial charge on any atom is 0.0471 e. The average Bonchev–Trinajstić information content (AvgIpc) is 3.03. The number of nitrogens with zero attached hydrogens (tertiary/aromatic N) is 1. The first-order valence-corrected chi connectivity index (χ1v) is 7.13. The van der Waals surface area contributed by atoms with Crippen LogP contribution in [0.15, 0.2) is 0 Å². The van der Waals surface area contributed by atoms with Crippen LogP contribution in [0.4, 0.5) is 0 Å². The van der Waals surface area contributed by atoms with Crippen molar-refractivity contribution in [3.8, 4) is 0 Å². The molecule has 3 fully saturated rings. The van der Waals surface area contributed by atoms with E-state index in [9.17, 15) is 5.11 Å². The van der Waals surface area contributed by atoms with Crippen LogP contribution in [-0.4, -0.2) is 35.7 Å². The average molecular weight is 223 g/mol. The van der Waals surface area contributed by atoms with E-state index in [1.165, 1.54) is 38.6 Å². The van der Waals surface area contributed by atoms with Crippen LogP contribution in [0.5, 0.6) is 0 Å². The van der Waals surface area contributed by atoms with Gasteiger partial charge in [-0.15, -0.1) is 0 Å². The van der Waals surface area contributed by atoms with Gasteiger partial charge in [0.1, 0.15) is 0 Å². The maximum atomic E-state index is 9.21. The minimum absolute atomic E-state index is 0.389. The topological polar surface area (TPSA) is 23.5 Å². The van der Waals surface area contributed by atoms with E-state index in [0.717, 1.165) is 30.3 Å². The van der Waals surface area contributed by atoms with Gasteiger partial charge < -0.3 is 10.0 Å². The molecule has 0 radical (unpaired) electrons. The second-order valence-corrected chi connectivity index (χ2v) is 6.41. The van der Waals surface area contributed by atoms with Crippen LogP contribution in [-0.2, 0) is 0 Å². The van der Waals surface area contributed by atoms with Crippen molar-refractivity contribution in [2.75, 3.05) is 19.7 Å². The van der Waals surface area contributed by atoms with Gasteiger partial charge in [0.15, 0.2) is 0 Å². The van der Waals surface area contributed by atoms with Crippen LogP contribution < -0.4 is 0 Å². The minimum Gasteiger partial charge on any atom is -0.396 e. The van der Waals surface area contributed by atoms with Crippen molar-refractivity contribution in [1.82, 2.24) is 4.90 Å². The summed E-state index contributed by atoms with van der Waals surface area (Å²) in [5.41, 5.74) is 0. The van der Waals surface area contributed by atoms with E-state index in [1.807, 2.05) is 0 Å². The fraction of sp³-hybridized carbons (Fsp3) is 1.00. The zero-order valence-corrected chi connectivity index (χ0v) is 10.4. The fourth-order valence-electron chi connectivity index (χ4n) is 4.54. The van der Waals surface area contributed by atoms with Crippen molar-refractivity contribution in [1.29, 1.82) is 0 Å². The third kappa shape index (κ3) is 1.80. The monoisotopic (exact) mass is 223 g/mol. The highest BCUT2D eigenvalue weighted by Crippen LogP contribution is 2.50. The van der Waals surface area contributed by atoms with E-state index in [1.54, 1.807) is 0 Å². The predicted molar refractivity (Wildman–Crippen MR) is 65.2 cm³/mol. The Hall–Kier alpha value is -0.0800.